The van der Waals surface area contributed by atoms with Gasteiger partial charge in [-0.2, -0.15) is 0 Å². The van der Waals surface area contributed by atoms with Gasteiger partial charge in [-0.15, -0.1) is 0 Å². The molecule has 2 aromatic rings. The number of aliphatic hydroxyl groups is 1. The van der Waals surface area contributed by atoms with Gasteiger partial charge in [-0.05, 0) is 30.5 Å². The van der Waals surface area contributed by atoms with Gasteiger partial charge in [0, 0.05) is 19.0 Å². The fourth-order valence-corrected chi connectivity index (χ4v) is 2.42. The second kappa shape index (κ2) is 9.03. The first-order valence-electron chi connectivity index (χ1n) is 8.07. The molecule has 1 aromatic heterocycles. The maximum absolute atomic E-state index is 12.1. The van der Waals surface area contributed by atoms with Crippen molar-refractivity contribution in [2.45, 2.75) is 38.3 Å². The molecule has 2 rings (SSSR count). The van der Waals surface area contributed by atoms with Crippen LogP contribution in [0.25, 0.3) is 0 Å². The van der Waals surface area contributed by atoms with E-state index in [1.165, 1.54) is 0 Å². The molecular formula is C19H24N2O3. The molecule has 1 heterocycles. The van der Waals surface area contributed by atoms with Crippen LogP contribution < -0.4 is 10.1 Å². The number of nitrogens with zero attached hydrogens (tertiary/aromatic N) is 1. The van der Waals surface area contributed by atoms with Crippen molar-refractivity contribution in [1.29, 1.82) is 0 Å². The van der Waals surface area contributed by atoms with Crippen molar-refractivity contribution in [3.05, 3.63) is 59.9 Å². The maximum Gasteiger partial charge on any atom is 0.220 e. The molecule has 5 heteroatoms. The van der Waals surface area contributed by atoms with Crippen molar-refractivity contribution in [1.82, 2.24) is 10.3 Å². The van der Waals surface area contributed by atoms with Gasteiger partial charge in [0.25, 0.3) is 0 Å². The van der Waals surface area contributed by atoms with Gasteiger partial charge in [0.1, 0.15) is 5.75 Å². The number of rotatable bonds is 8. The summed E-state index contributed by atoms with van der Waals surface area (Å²) >= 11 is 0. The summed E-state index contributed by atoms with van der Waals surface area (Å²) < 4.78 is 5.12. The zero-order chi connectivity index (χ0) is 17.4. The number of amides is 1. The maximum atomic E-state index is 12.1. The van der Waals surface area contributed by atoms with E-state index in [9.17, 15) is 9.90 Å². The number of carbonyl (C=O) groups is 1. The standard InChI is InChI=1S/C19H24N2O3/c1-14(18(22)11-15-6-4-3-5-7-15)21-19(23)9-8-16-10-17(24-2)13-20-12-16/h3-7,10,12-14,18,22H,8-9,11H2,1-2H3,(H,21,23). The number of benzene rings is 1. The van der Waals surface area contributed by atoms with Crippen LogP contribution in [-0.4, -0.2) is 35.3 Å². The third-order valence-corrected chi connectivity index (χ3v) is 3.90. The molecule has 2 atom stereocenters. The number of hydrogen-bond donors (Lipinski definition) is 2. The number of carbonyl (C=O) groups excluding carboxylic acids is 1. The molecule has 0 aliphatic rings. The molecule has 0 saturated heterocycles. The van der Waals surface area contributed by atoms with Crippen LogP contribution in [0.3, 0.4) is 0 Å². The summed E-state index contributed by atoms with van der Waals surface area (Å²) in [6.07, 6.45) is 4.18. The van der Waals surface area contributed by atoms with Crippen LogP contribution in [-0.2, 0) is 17.6 Å². The first kappa shape index (κ1) is 17.9. The van der Waals surface area contributed by atoms with Crippen molar-refractivity contribution in [2.24, 2.45) is 0 Å². The summed E-state index contributed by atoms with van der Waals surface area (Å²) in [5.41, 5.74) is 2.00. The van der Waals surface area contributed by atoms with E-state index in [0.29, 0.717) is 25.0 Å². The van der Waals surface area contributed by atoms with E-state index in [4.69, 9.17) is 4.74 Å². The number of ether oxygens (including phenoxy) is 1. The van der Waals surface area contributed by atoms with Gasteiger partial charge in [-0.25, -0.2) is 0 Å². The van der Waals surface area contributed by atoms with Gasteiger partial charge in [-0.3, -0.25) is 9.78 Å². The third kappa shape index (κ3) is 5.66. The summed E-state index contributed by atoms with van der Waals surface area (Å²) in [7, 11) is 1.59. The van der Waals surface area contributed by atoms with Crippen LogP contribution in [0.1, 0.15) is 24.5 Å². The summed E-state index contributed by atoms with van der Waals surface area (Å²) in [6, 6.07) is 11.3. The monoisotopic (exact) mass is 328 g/mol. The Morgan fingerprint density at radius 3 is 2.71 bits per heavy atom. The molecule has 24 heavy (non-hydrogen) atoms. The van der Waals surface area contributed by atoms with E-state index < -0.39 is 6.10 Å². The molecule has 2 N–H and O–H groups in total. The van der Waals surface area contributed by atoms with Crippen molar-refractivity contribution < 1.29 is 14.6 Å². The fraction of sp³-hybridized carbons (Fsp3) is 0.368. The Bertz CT molecular complexity index is 646. The Morgan fingerprint density at radius 1 is 1.25 bits per heavy atom. The number of methoxy groups -OCH3 is 1. The highest BCUT2D eigenvalue weighted by molar-refractivity contribution is 5.76. The third-order valence-electron chi connectivity index (χ3n) is 3.90. The van der Waals surface area contributed by atoms with E-state index in [0.717, 1.165) is 11.1 Å². The van der Waals surface area contributed by atoms with E-state index in [2.05, 4.69) is 10.3 Å². The smallest absolute Gasteiger partial charge is 0.220 e. The molecule has 0 radical (unpaired) electrons. The van der Waals surface area contributed by atoms with Gasteiger partial charge in [-0.1, -0.05) is 30.3 Å². The summed E-state index contributed by atoms with van der Waals surface area (Å²) in [5.74, 6) is 0.594. The number of nitrogens with one attached hydrogen (secondary N) is 1. The summed E-state index contributed by atoms with van der Waals surface area (Å²) in [4.78, 5) is 16.1. The number of pyridine rings is 1. The van der Waals surface area contributed by atoms with Crippen LogP contribution in [0.4, 0.5) is 0 Å². The minimum Gasteiger partial charge on any atom is -0.495 e. The Balaban J connectivity index is 1.78. The lowest BCUT2D eigenvalue weighted by Gasteiger charge is -2.20. The molecule has 1 aromatic carbocycles. The van der Waals surface area contributed by atoms with Crippen molar-refractivity contribution in [3.63, 3.8) is 0 Å². The second-order valence-corrected chi connectivity index (χ2v) is 5.85. The lowest BCUT2D eigenvalue weighted by molar-refractivity contribution is -0.122. The van der Waals surface area contributed by atoms with Crippen LogP contribution in [0.2, 0.25) is 0 Å². The molecule has 0 aliphatic carbocycles. The highest BCUT2D eigenvalue weighted by atomic mass is 16.5. The van der Waals surface area contributed by atoms with Gasteiger partial charge < -0.3 is 15.2 Å². The normalized spacial score (nSPS) is 13.1. The molecule has 0 saturated carbocycles. The fourth-order valence-electron chi connectivity index (χ4n) is 2.42. The highest BCUT2D eigenvalue weighted by Crippen LogP contribution is 2.12. The highest BCUT2D eigenvalue weighted by Gasteiger charge is 2.17. The lowest BCUT2D eigenvalue weighted by atomic mass is 10.0. The van der Waals surface area contributed by atoms with E-state index in [-0.39, 0.29) is 11.9 Å². The summed E-state index contributed by atoms with van der Waals surface area (Å²) in [5, 5.41) is 13.1. The van der Waals surface area contributed by atoms with Crippen LogP contribution >= 0.6 is 0 Å². The van der Waals surface area contributed by atoms with Crippen molar-refractivity contribution in [2.75, 3.05) is 7.11 Å². The van der Waals surface area contributed by atoms with E-state index in [1.807, 2.05) is 43.3 Å². The quantitative estimate of drug-likeness (QED) is 0.779. The zero-order valence-corrected chi connectivity index (χ0v) is 14.1. The lowest BCUT2D eigenvalue weighted by Crippen LogP contribution is -2.42. The van der Waals surface area contributed by atoms with Crippen LogP contribution in [0.5, 0.6) is 5.75 Å². The van der Waals surface area contributed by atoms with E-state index in [1.54, 1.807) is 19.5 Å². The first-order chi connectivity index (χ1) is 11.6. The van der Waals surface area contributed by atoms with Gasteiger partial charge >= 0.3 is 0 Å². The Kier molecular flexibility index (Phi) is 6.75. The minimum atomic E-state index is -0.616. The molecule has 5 nitrogen and oxygen atoms in total. The van der Waals surface area contributed by atoms with Crippen LogP contribution in [0.15, 0.2) is 48.8 Å². The molecule has 0 spiro atoms. The topological polar surface area (TPSA) is 71.5 Å². The number of aliphatic hydroxyl groups excluding tert-OH is 1. The van der Waals surface area contributed by atoms with Crippen LogP contribution in [0, 0.1) is 0 Å². The molecule has 0 bridgehead atoms. The van der Waals surface area contributed by atoms with E-state index >= 15 is 0 Å². The molecule has 0 aliphatic heterocycles. The molecular weight excluding hydrogens is 304 g/mol. The predicted octanol–water partition coefficient (Wildman–Crippen LogP) is 2.13. The van der Waals surface area contributed by atoms with Gasteiger partial charge in [0.15, 0.2) is 0 Å². The SMILES string of the molecule is COc1cncc(CCC(=O)NC(C)C(O)Cc2ccccc2)c1. The minimum absolute atomic E-state index is 0.0857. The second-order valence-electron chi connectivity index (χ2n) is 5.85. The number of aromatic nitrogens is 1. The van der Waals surface area contributed by atoms with Gasteiger partial charge in [0.05, 0.1) is 25.5 Å². The van der Waals surface area contributed by atoms with Crippen molar-refractivity contribution >= 4 is 5.91 Å². The molecule has 128 valence electrons. The largest absolute Gasteiger partial charge is 0.495 e. The number of hydrogen-bond acceptors (Lipinski definition) is 4. The number of aryl methyl sites for hydroxylation is 1. The molecule has 2 unspecified atom stereocenters. The predicted molar refractivity (Wildman–Crippen MR) is 92.9 cm³/mol. The Hall–Kier alpha value is -2.40. The zero-order valence-electron chi connectivity index (χ0n) is 14.1. The first-order valence-corrected chi connectivity index (χ1v) is 8.07. The molecule has 0 fully saturated rings. The Morgan fingerprint density at radius 2 is 2.00 bits per heavy atom. The van der Waals surface area contributed by atoms with Crippen molar-refractivity contribution in [3.8, 4) is 5.75 Å². The average Bonchev–Trinajstić information content (AvgIpc) is 2.61. The average molecular weight is 328 g/mol. The van der Waals surface area contributed by atoms with Gasteiger partial charge in [0.2, 0.25) is 5.91 Å². The summed E-state index contributed by atoms with van der Waals surface area (Å²) in [6.45, 7) is 1.82. The molecule has 1 amide bonds. The Labute approximate surface area is 142 Å².